The molecular weight excluding hydrogens is 207 g/mol. The first-order valence-electron chi connectivity index (χ1n) is 5.52. The normalized spacial score (nSPS) is 23.1. The van der Waals surface area contributed by atoms with Crippen LogP contribution in [0.25, 0.3) is 0 Å². The predicted octanol–water partition coefficient (Wildman–Crippen LogP) is 1.88. The molecule has 2 N–H and O–H groups in total. The summed E-state index contributed by atoms with van der Waals surface area (Å²) in [5.41, 5.74) is 1.93. The Morgan fingerprint density at radius 3 is 2.88 bits per heavy atom. The zero-order valence-corrected chi connectivity index (χ0v) is 9.01. The van der Waals surface area contributed by atoms with E-state index < -0.39 is 0 Å². The van der Waals surface area contributed by atoms with Crippen LogP contribution in [-0.2, 0) is 4.79 Å². The zero-order chi connectivity index (χ0) is 11.3. The van der Waals surface area contributed by atoms with Crippen molar-refractivity contribution in [3.8, 4) is 0 Å². The van der Waals surface area contributed by atoms with Crippen molar-refractivity contribution in [3.05, 3.63) is 29.1 Å². The number of rotatable bonds is 2. The summed E-state index contributed by atoms with van der Waals surface area (Å²) in [6.07, 6.45) is 2.21. The highest BCUT2D eigenvalue weighted by molar-refractivity contribution is 6.02. The minimum absolute atomic E-state index is 0.147. The molecule has 1 amide bonds. The molecule has 3 nitrogen and oxygen atoms in total. The van der Waals surface area contributed by atoms with Gasteiger partial charge in [-0.15, -0.1) is 0 Å². The second kappa shape index (κ2) is 3.28. The maximum absolute atomic E-state index is 13.6. The van der Waals surface area contributed by atoms with Gasteiger partial charge in [0.15, 0.2) is 0 Å². The van der Waals surface area contributed by atoms with Gasteiger partial charge in [-0.2, -0.15) is 0 Å². The van der Waals surface area contributed by atoms with Gasteiger partial charge in [0.05, 0.1) is 5.69 Å². The maximum Gasteiger partial charge on any atom is 0.246 e. The smallest absolute Gasteiger partial charge is 0.246 e. The second-order valence-electron chi connectivity index (χ2n) is 4.57. The molecule has 1 aliphatic heterocycles. The van der Waals surface area contributed by atoms with E-state index in [0.29, 0.717) is 11.7 Å². The molecule has 1 heterocycles. The van der Waals surface area contributed by atoms with Crippen molar-refractivity contribution in [2.45, 2.75) is 31.8 Å². The zero-order valence-electron chi connectivity index (χ0n) is 9.01. The molecule has 0 aromatic heterocycles. The molecule has 3 rings (SSSR count). The van der Waals surface area contributed by atoms with Gasteiger partial charge in [0.25, 0.3) is 0 Å². The number of fused-ring (bicyclic) bond motifs is 1. The molecule has 2 aliphatic rings. The van der Waals surface area contributed by atoms with E-state index >= 15 is 0 Å². The number of nitrogens with one attached hydrogen (secondary N) is 2. The lowest BCUT2D eigenvalue weighted by Gasteiger charge is -2.10. The van der Waals surface area contributed by atoms with Crippen molar-refractivity contribution in [2.75, 3.05) is 5.32 Å². The number of hydrogen-bond donors (Lipinski definition) is 2. The van der Waals surface area contributed by atoms with E-state index in [1.165, 1.54) is 6.07 Å². The van der Waals surface area contributed by atoms with Gasteiger partial charge >= 0.3 is 0 Å². The first-order chi connectivity index (χ1) is 7.65. The van der Waals surface area contributed by atoms with Crippen LogP contribution in [0, 0.1) is 12.7 Å². The topological polar surface area (TPSA) is 41.1 Å². The number of amides is 1. The van der Waals surface area contributed by atoms with Crippen LogP contribution in [0.3, 0.4) is 0 Å². The summed E-state index contributed by atoms with van der Waals surface area (Å²) >= 11 is 0. The highest BCUT2D eigenvalue weighted by Crippen LogP contribution is 2.36. The van der Waals surface area contributed by atoms with Gasteiger partial charge < -0.3 is 5.32 Å². The highest BCUT2D eigenvalue weighted by atomic mass is 19.1. The van der Waals surface area contributed by atoms with Crippen LogP contribution in [0.2, 0.25) is 0 Å². The van der Waals surface area contributed by atoms with Crippen molar-refractivity contribution in [2.24, 2.45) is 0 Å². The molecule has 1 saturated carbocycles. The molecule has 16 heavy (non-hydrogen) atoms. The molecule has 0 radical (unpaired) electrons. The van der Waals surface area contributed by atoms with Crippen LogP contribution in [0.5, 0.6) is 0 Å². The lowest BCUT2D eigenvalue weighted by atomic mass is 10.0. The third-order valence-corrected chi connectivity index (χ3v) is 3.07. The van der Waals surface area contributed by atoms with Crippen LogP contribution < -0.4 is 10.6 Å². The minimum Gasteiger partial charge on any atom is -0.322 e. The fraction of sp³-hybridized carbons (Fsp3) is 0.417. The summed E-state index contributed by atoms with van der Waals surface area (Å²) in [4.78, 5) is 11.7. The summed E-state index contributed by atoms with van der Waals surface area (Å²) < 4.78 is 13.6. The molecule has 4 heteroatoms. The summed E-state index contributed by atoms with van der Waals surface area (Å²) in [6, 6.07) is 3.36. The van der Waals surface area contributed by atoms with Gasteiger partial charge in [-0.25, -0.2) is 4.39 Å². The van der Waals surface area contributed by atoms with Gasteiger partial charge in [0.2, 0.25) is 5.91 Å². The molecule has 1 fully saturated rings. The van der Waals surface area contributed by atoms with Gasteiger partial charge in [-0.3, -0.25) is 10.1 Å². The van der Waals surface area contributed by atoms with E-state index in [0.717, 1.165) is 24.0 Å². The molecule has 1 aliphatic carbocycles. The summed E-state index contributed by atoms with van der Waals surface area (Å²) in [5.74, 6) is -0.491. The molecule has 84 valence electrons. The van der Waals surface area contributed by atoms with Crippen molar-refractivity contribution >= 4 is 11.6 Å². The first kappa shape index (κ1) is 9.78. The molecule has 1 aromatic rings. The van der Waals surface area contributed by atoms with Crippen molar-refractivity contribution in [1.29, 1.82) is 0 Å². The molecule has 1 aromatic carbocycles. The average Bonchev–Trinajstić information content (AvgIpc) is 2.96. The summed E-state index contributed by atoms with van der Waals surface area (Å²) in [6.45, 7) is 1.83. The van der Waals surface area contributed by atoms with E-state index in [2.05, 4.69) is 10.6 Å². The third kappa shape index (κ3) is 1.50. The van der Waals surface area contributed by atoms with E-state index in [9.17, 15) is 9.18 Å². The SMILES string of the molecule is Cc1cc(F)c2c(c1)C(NC1CC1)C(=O)N2. The fourth-order valence-corrected chi connectivity index (χ4v) is 2.12. The predicted molar refractivity (Wildman–Crippen MR) is 58.7 cm³/mol. The van der Waals surface area contributed by atoms with Crippen LogP contribution in [0.4, 0.5) is 10.1 Å². The molecule has 0 bridgehead atoms. The number of halogens is 1. The Morgan fingerprint density at radius 1 is 1.44 bits per heavy atom. The van der Waals surface area contributed by atoms with Crippen LogP contribution in [0.1, 0.15) is 30.0 Å². The Morgan fingerprint density at radius 2 is 2.19 bits per heavy atom. The molecule has 1 unspecified atom stereocenters. The standard InChI is InChI=1S/C12H13FN2O/c1-6-4-8-10(9(13)5-6)15-12(16)11(8)14-7-2-3-7/h4-5,7,11,14H,2-3H2,1H3,(H,15,16). The largest absolute Gasteiger partial charge is 0.322 e. The molecular formula is C12H13FN2O. The average molecular weight is 220 g/mol. The van der Waals surface area contributed by atoms with E-state index in [4.69, 9.17) is 0 Å². The number of anilines is 1. The van der Waals surface area contributed by atoms with Gasteiger partial charge in [0.1, 0.15) is 11.9 Å². The Balaban J connectivity index is 2.01. The molecule has 1 atom stereocenters. The number of hydrogen-bond acceptors (Lipinski definition) is 2. The van der Waals surface area contributed by atoms with Crippen molar-refractivity contribution < 1.29 is 9.18 Å². The van der Waals surface area contributed by atoms with Gasteiger partial charge in [0, 0.05) is 11.6 Å². The van der Waals surface area contributed by atoms with Crippen LogP contribution >= 0.6 is 0 Å². The third-order valence-electron chi connectivity index (χ3n) is 3.07. The quantitative estimate of drug-likeness (QED) is 0.799. The van der Waals surface area contributed by atoms with Gasteiger partial charge in [-0.1, -0.05) is 6.07 Å². The Hall–Kier alpha value is -1.42. The summed E-state index contributed by atoms with van der Waals surface area (Å²) in [5, 5.41) is 5.83. The minimum atomic E-state index is -0.378. The fourth-order valence-electron chi connectivity index (χ4n) is 2.12. The lowest BCUT2D eigenvalue weighted by molar-refractivity contribution is -0.117. The van der Waals surface area contributed by atoms with E-state index in [1.807, 2.05) is 13.0 Å². The Labute approximate surface area is 93.0 Å². The number of carbonyl (C=O) groups is 1. The van der Waals surface area contributed by atoms with E-state index in [1.54, 1.807) is 0 Å². The maximum atomic E-state index is 13.6. The van der Waals surface area contributed by atoms with Crippen LogP contribution in [0.15, 0.2) is 12.1 Å². The number of carbonyl (C=O) groups excluding carboxylic acids is 1. The summed E-state index contributed by atoms with van der Waals surface area (Å²) in [7, 11) is 0. The van der Waals surface area contributed by atoms with E-state index in [-0.39, 0.29) is 17.8 Å². The number of benzene rings is 1. The Bertz CT molecular complexity index is 468. The lowest BCUT2D eigenvalue weighted by Crippen LogP contribution is -2.29. The first-order valence-corrected chi connectivity index (χ1v) is 5.52. The number of aryl methyl sites for hydroxylation is 1. The second-order valence-corrected chi connectivity index (χ2v) is 4.57. The molecule has 0 saturated heterocycles. The Kier molecular flexibility index (Phi) is 2.01. The van der Waals surface area contributed by atoms with Crippen LogP contribution in [-0.4, -0.2) is 11.9 Å². The van der Waals surface area contributed by atoms with Gasteiger partial charge in [-0.05, 0) is 31.4 Å². The van der Waals surface area contributed by atoms with Crippen molar-refractivity contribution in [3.63, 3.8) is 0 Å². The molecule has 0 spiro atoms. The monoisotopic (exact) mass is 220 g/mol. The highest BCUT2D eigenvalue weighted by Gasteiger charge is 2.36. The van der Waals surface area contributed by atoms with Crippen molar-refractivity contribution in [1.82, 2.24) is 5.32 Å².